The van der Waals surface area contributed by atoms with Gasteiger partial charge in [-0.3, -0.25) is 0 Å². The first-order valence-electron chi connectivity index (χ1n) is 14.0. The van der Waals surface area contributed by atoms with E-state index in [1.807, 2.05) is 27.7 Å². The van der Waals surface area contributed by atoms with E-state index in [-0.39, 0.29) is 23.0 Å². The van der Waals surface area contributed by atoms with Crippen LogP contribution in [0.15, 0.2) is 39.2 Å². The number of halogens is 1. The summed E-state index contributed by atoms with van der Waals surface area (Å²) in [6, 6.07) is 8.27. The van der Waals surface area contributed by atoms with Gasteiger partial charge in [-0.15, -0.1) is 0 Å². The Kier molecular flexibility index (Phi) is 6.32. The molecule has 0 saturated carbocycles. The van der Waals surface area contributed by atoms with Crippen LogP contribution in [0, 0.1) is 13.8 Å². The van der Waals surface area contributed by atoms with Gasteiger partial charge in [-0.2, -0.15) is 0 Å². The van der Waals surface area contributed by atoms with E-state index in [4.69, 9.17) is 34.3 Å². The van der Waals surface area contributed by atoms with Gasteiger partial charge in [0.25, 0.3) is 0 Å². The Bertz CT molecular complexity index is 1450. The SMILES string of the molecule is Cc1cc2c(c(C(C)(C)C)c1)O[P-]13(Cl)(OC(OC(C)C)=NN1C(=O)OC(C)C)Oc1c(cc(C)cc1C(C)(C)C)[S+]23. The molecule has 2 aromatic carbocycles. The summed E-state index contributed by atoms with van der Waals surface area (Å²) in [4.78, 5) is 15.6. The van der Waals surface area contributed by atoms with Crippen molar-refractivity contribution in [2.45, 2.75) is 116 Å². The molecular formula is C30H42ClN2O6PS. The van der Waals surface area contributed by atoms with Crippen molar-refractivity contribution in [2.75, 3.05) is 0 Å². The normalized spacial score (nSPS) is 22.8. The van der Waals surface area contributed by atoms with E-state index in [0.717, 1.165) is 36.8 Å². The molecule has 2 aromatic rings. The fourth-order valence-corrected chi connectivity index (χ4v) is 18.2. The van der Waals surface area contributed by atoms with E-state index >= 15 is 0 Å². The van der Waals surface area contributed by atoms with Crippen LogP contribution >= 0.6 is 16.6 Å². The van der Waals surface area contributed by atoms with Crippen LogP contribution in [-0.2, 0) is 35.3 Å². The van der Waals surface area contributed by atoms with Gasteiger partial charge in [0.2, 0.25) is 0 Å². The number of aryl methyl sites for hydroxylation is 2. The molecule has 3 aliphatic rings. The number of carbonyl (C=O) groups excluding carboxylic acids is 1. The van der Waals surface area contributed by atoms with Crippen LogP contribution in [0.5, 0.6) is 11.5 Å². The number of nitrogens with zero attached hydrogens (tertiary/aromatic N) is 2. The van der Waals surface area contributed by atoms with Crippen molar-refractivity contribution in [3.05, 3.63) is 46.5 Å². The molecule has 5 rings (SSSR count). The third-order valence-electron chi connectivity index (χ3n) is 7.02. The van der Waals surface area contributed by atoms with Crippen molar-refractivity contribution in [1.29, 1.82) is 0 Å². The van der Waals surface area contributed by atoms with E-state index in [9.17, 15) is 4.79 Å². The Labute approximate surface area is 250 Å². The molecule has 0 fully saturated rings. The molecule has 0 radical (unpaired) electrons. The van der Waals surface area contributed by atoms with Gasteiger partial charge in [-0.25, -0.2) is 0 Å². The van der Waals surface area contributed by atoms with Crippen molar-refractivity contribution >= 4 is 39.3 Å². The van der Waals surface area contributed by atoms with Crippen molar-refractivity contribution in [3.63, 3.8) is 0 Å². The number of fused-ring (bicyclic) bond motifs is 4. The molecule has 8 nitrogen and oxygen atoms in total. The van der Waals surface area contributed by atoms with Gasteiger partial charge < -0.3 is 0 Å². The average molecular weight is 625 g/mol. The molecule has 11 heteroatoms. The van der Waals surface area contributed by atoms with E-state index in [1.165, 1.54) is 0 Å². The molecule has 0 unspecified atom stereocenters. The van der Waals surface area contributed by atoms with Crippen LogP contribution in [-0.4, -0.2) is 29.2 Å². The quantitative estimate of drug-likeness (QED) is 0.245. The number of hydrogen-bond acceptors (Lipinski definition) is 7. The van der Waals surface area contributed by atoms with Crippen LogP contribution < -0.4 is 9.05 Å². The standard InChI is InChI=1S/C30H42ClN2O6PS/c1-17(2)35-27-32-33(28(34)36-18(3)4)40(31,39-27)37-25-21(29(7,8)9)13-19(5)15-23(25)41(40)24-16-20(6)14-22(26(24)38-40)30(10,11)12/h13-18H,1-12H3. The third kappa shape index (κ3) is 4.21. The Morgan fingerprint density at radius 2 is 1.32 bits per heavy atom. The predicted molar refractivity (Wildman–Crippen MR) is 166 cm³/mol. The predicted octanol–water partition coefficient (Wildman–Crippen LogP) is 9.11. The van der Waals surface area contributed by atoms with E-state index in [1.54, 1.807) is 13.8 Å². The molecule has 0 bridgehead atoms. The van der Waals surface area contributed by atoms with Crippen LogP contribution in [0.2, 0.25) is 0 Å². The summed E-state index contributed by atoms with van der Waals surface area (Å²) in [7, 11) is -1.28. The zero-order valence-electron chi connectivity index (χ0n) is 26.0. The van der Waals surface area contributed by atoms with Crippen LogP contribution in [0.1, 0.15) is 91.5 Å². The van der Waals surface area contributed by atoms with E-state index in [2.05, 4.69) is 70.9 Å². The molecule has 0 aromatic heterocycles. The number of ether oxygens (including phenoxy) is 2. The maximum absolute atomic E-state index is 14.0. The molecule has 41 heavy (non-hydrogen) atoms. The molecule has 0 saturated heterocycles. The molecule has 3 aliphatic heterocycles. The van der Waals surface area contributed by atoms with Crippen LogP contribution in [0.4, 0.5) is 4.79 Å². The summed E-state index contributed by atoms with van der Waals surface area (Å²) in [5.74, 6) is 1.06. The number of benzene rings is 2. The summed E-state index contributed by atoms with van der Waals surface area (Å²) < 4.78 is 33.6. The Morgan fingerprint density at radius 1 is 0.854 bits per heavy atom. The molecule has 0 atom stereocenters. The molecular weight excluding hydrogens is 583 g/mol. The Hall–Kier alpha value is -2.35. The first-order chi connectivity index (χ1) is 18.6. The molecule has 226 valence electrons. The summed E-state index contributed by atoms with van der Waals surface area (Å²) in [5.41, 5.74) is 3.23. The maximum atomic E-state index is 14.0. The molecule has 3 heterocycles. The van der Waals surface area contributed by atoms with Gasteiger partial charge in [0.1, 0.15) is 0 Å². The van der Waals surface area contributed by atoms with Crippen molar-refractivity contribution in [3.8, 4) is 11.5 Å². The van der Waals surface area contributed by atoms with E-state index < -0.39 is 28.0 Å². The van der Waals surface area contributed by atoms with Crippen molar-refractivity contribution < 1.29 is 27.8 Å². The third-order valence-corrected chi connectivity index (χ3v) is 18.7. The number of amides is 1. The van der Waals surface area contributed by atoms with Gasteiger partial charge in [-0.05, 0) is 0 Å². The average Bonchev–Trinajstić information content (AvgIpc) is 3.28. The van der Waals surface area contributed by atoms with Gasteiger partial charge in [0.05, 0.1) is 0 Å². The topological polar surface area (TPSA) is 78.8 Å². The van der Waals surface area contributed by atoms with Gasteiger partial charge >= 0.3 is 251 Å². The zero-order chi connectivity index (χ0) is 30.6. The fourth-order valence-electron chi connectivity index (χ4n) is 5.37. The van der Waals surface area contributed by atoms with Crippen molar-refractivity contribution in [1.82, 2.24) is 4.78 Å². The number of carbonyl (C=O) groups is 1. The molecule has 1 amide bonds. The van der Waals surface area contributed by atoms with Gasteiger partial charge in [0, 0.05) is 0 Å². The second-order valence-corrected chi connectivity index (χ2v) is 24.6. The monoisotopic (exact) mass is 624 g/mol. The van der Waals surface area contributed by atoms with Crippen LogP contribution in [0.3, 0.4) is 0 Å². The molecule has 1 spiro atoms. The van der Waals surface area contributed by atoms with E-state index in [0.29, 0.717) is 11.5 Å². The second-order valence-electron chi connectivity index (χ2n) is 13.7. The van der Waals surface area contributed by atoms with Gasteiger partial charge in [0.15, 0.2) is 0 Å². The number of rotatable bonds is 2. The number of hydrazone groups is 1. The molecule has 0 N–H and O–H groups in total. The minimum absolute atomic E-state index is 0.201. The zero-order valence-corrected chi connectivity index (χ0v) is 28.5. The first-order valence-corrected chi connectivity index (χ1v) is 19.1. The summed E-state index contributed by atoms with van der Waals surface area (Å²) in [6.07, 6.45) is -1.84. The van der Waals surface area contributed by atoms with Crippen LogP contribution in [0.25, 0.3) is 0 Å². The summed E-state index contributed by atoms with van der Waals surface area (Å²) in [6.45, 7) is 23.9. The van der Waals surface area contributed by atoms with Crippen molar-refractivity contribution in [2.24, 2.45) is 5.10 Å². The fraction of sp³-hybridized carbons (Fsp3) is 0.533. The number of hydrogen-bond donors (Lipinski definition) is 0. The summed E-state index contributed by atoms with van der Waals surface area (Å²) in [5, 5.41) is -1.52. The first kappa shape index (κ1) is 30.1. The molecule has 0 aliphatic carbocycles. The summed E-state index contributed by atoms with van der Waals surface area (Å²) >= 11 is 8.13. The Balaban J connectivity index is 1.94. The van der Waals surface area contributed by atoms with Gasteiger partial charge in [-0.1, -0.05) is 0 Å². The minimum atomic E-state index is -6.06. The Morgan fingerprint density at radius 3 is 1.71 bits per heavy atom. The second kappa shape index (κ2) is 8.61.